The second kappa shape index (κ2) is 5.21. The van der Waals surface area contributed by atoms with Gasteiger partial charge in [-0.25, -0.2) is 4.79 Å². The van der Waals surface area contributed by atoms with E-state index in [0.29, 0.717) is 16.8 Å². The number of aliphatic imine (C=N–C) groups is 1. The van der Waals surface area contributed by atoms with Crippen LogP contribution in [0.2, 0.25) is 0 Å². The molecule has 0 radical (unpaired) electrons. The van der Waals surface area contributed by atoms with Crippen molar-refractivity contribution in [1.29, 1.82) is 0 Å². The molecule has 0 saturated heterocycles. The molecule has 0 N–H and O–H groups in total. The number of fused-ring (bicyclic) bond motifs is 1. The summed E-state index contributed by atoms with van der Waals surface area (Å²) in [6, 6.07) is 16.6. The highest BCUT2D eigenvalue weighted by molar-refractivity contribution is 7.78. The van der Waals surface area contributed by atoms with E-state index in [1.807, 2.05) is 42.5 Å². The maximum absolute atomic E-state index is 12.1. The van der Waals surface area contributed by atoms with E-state index in [4.69, 9.17) is 4.42 Å². The zero-order valence-electron chi connectivity index (χ0n) is 10.4. The van der Waals surface area contributed by atoms with Crippen molar-refractivity contribution in [2.24, 2.45) is 4.99 Å². The van der Waals surface area contributed by atoms with Crippen molar-refractivity contribution >= 4 is 34.0 Å². The molecule has 0 atom stereocenters. The fraction of sp³-hybridized carbons (Fsp3) is 0. The van der Waals surface area contributed by atoms with Crippen molar-refractivity contribution in [3.8, 4) is 11.1 Å². The Morgan fingerprint density at radius 2 is 1.85 bits per heavy atom. The fourth-order valence-electron chi connectivity index (χ4n) is 2.04. The number of benzene rings is 2. The lowest BCUT2D eigenvalue weighted by atomic mass is 10.1. The van der Waals surface area contributed by atoms with Gasteiger partial charge in [-0.05, 0) is 36.0 Å². The lowest BCUT2D eigenvalue weighted by Crippen LogP contribution is -2.02. The Hall–Kier alpha value is -2.55. The molecular weight excluding hydrogens is 270 g/mol. The van der Waals surface area contributed by atoms with Crippen LogP contribution in [0.3, 0.4) is 0 Å². The van der Waals surface area contributed by atoms with Crippen LogP contribution in [0.1, 0.15) is 0 Å². The molecule has 0 fully saturated rings. The first-order valence-electron chi connectivity index (χ1n) is 5.99. The van der Waals surface area contributed by atoms with Crippen molar-refractivity contribution in [3.63, 3.8) is 0 Å². The van der Waals surface area contributed by atoms with Gasteiger partial charge in [0.05, 0.1) is 16.4 Å². The summed E-state index contributed by atoms with van der Waals surface area (Å²) in [5.41, 5.74) is 2.12. The summed E-state index contributed by atoms with van der Waals surface area (Å²) < 4.78 is 5.36. The zero-order chi connectivity index (χ0) is 13.9. The summed E-state index contributed by atoms with van der Waals surface area (Å²) in [6.45, 7) is 0. The van der Waals surface area contributed by atoms with Crippen molar-refractivity contribution in [3.05, 3.63) is 65.0 Å². The van der Waals surface area contributed by atoms with Gasteiger partial charge in [0.25, 0.3) is 0 Å². The maximum atomic E-state index is 12.1. The second-order valence-electron chi connectivity index (χ2n) is 4.24. The van der Waals surface area contributed by atoms with Crippen LogP contribution in [0, 0.1) is 0 Å². The largest absolute Gasteiger partial charge is 0.422 e. The Morgan fingerprint density at radius 1 is 1.05 bits per heavy atom. The van der Waals surface area contributed by atoms with Crippen LogP contribution in [0.4, 0.5) is 5.69 Å². The number of hydrogen-bond acceptors (Lipinski definition) is 4. The molecule has 3 nitrogen and oxygen atoms in total. The molecule has 20 heavy (non-hydrogen) atoms. The van der Waals surface area contributed by atoms with Gasteiger partial charge in [-0.15, -0.1) is 0 Å². The molecule has 0 unspecified atom stereocenters. The summed E-state index contributed by atoms with van der Waals surface area (Å²) in [5, 5.41) is 3.13. The van der Waals surface area contributed by atoms with E-state index in [1.54, 1.807) is 12.1 Å². The number of nitrogens with zero attached hydrogens (tertiary/aromatic N) is 1. The molecule has 0 aliphatic carbocycles. The van der Waals surface area contributed by atoms with Gasteiger partial charge in [-0.3, -0.25) is 0 Å². The van der Waals surface area contributed by atoms with Gasteiger partial charge in [0.1, 0.15) is 5.58 Å². The van der Waals surface area contributed by atoms with Crippen molar-refractivity contribution in [2.45, 2.75) is 0 Å². The number of isothiocyanates is 1. The molecule has 96 valence electrons. The quantitative estimate of drug-likeness (QED) is 0.401. The van der Waals surface area contributed by atoms with E-state index in [-0.39, 0.29) is 5.63 Å². The summed E-state index contributed by atoms with van der Waals surface area (Å²) in [6.07, 6.45) is 0. The molecule has 0 aliphatic rings. The molecule has 0 spiro atoms. The topological polar surface area (TPSA) is 42.6 Å². The first-order valence-corrected chi connectivity index (χ1v) is 6.40. The molecule has 1 heterocycles. The average Bonchev–Trinajstić information content (AvgIpc) is 2.48. The van der Waals surface area contributed by atoms with E-state index < -0.39 is 0 Å². The number of thiocarbonyl (C=S) groups is 1. The third-order valence-corrected chi connectivity index (χ3v) is 3.07. The molecule has 0 amide bonds. The van der Waals surface area contributed by atoms with E-state index in [0.717, 1.165) is 10.9 Å². The Morgan fingerprint density at radius 3 is 2.60 bits per heavy atom. The summed E-state index contributed by atoms with van der Waals surface area (Å²) in [5.74, 6) is 0. The molecule has 0 aliphatic heterocycles. The van der Waals surface area contributed by atoms with Crippen LogP contribution >= 0.6 is 12.2 Å². The van der Waals surface area contributed by atoms with Gasteiger partial charge < -0.3 is 4.42 Å². The highest BCUT2D eigenvalue weighted by Crippen LogP contribution is 2.24. The molecule has 2 aromatic carbocycles. The van der Waals surface area contributed by atoms with Crippen LogP contribution in [-0.4, -0.2) is 5.16 Å². The minimum absolute atomic E-state index is 0.368. The van der Waals surface area contributed by atoms with Crippen molar-refractivity contribution in [2.75, 3.05) is 0 Å². The van der Waals surface area contributed by atoms with Gasteiger partial charge in [0, 0.05) is 11.5 Å². The Kier molecular flexibility index (Phi) is 3.25. The molecule has 1 aromatic heterocycles. The predicted molar refractivity (Wildman–Crippen MR) is 82.6 cm³/mol. The SMILES string of the molecule is O=c1oc2cc(N=C=S)ccc2cc1-c1ccccc1. The first kappa shape index (κ1) is 12.5. The first-order chi connectivity index (χ1) is 9.78. The van der Waals surface area contributed by atoms with Gasteiger partial charge >= 0.3 is 5.63 Å². The van der Waals surface area contributed by atoms with Crippen LogP contribution in [0.15, 0.2) is 68.8 Å². The molecule has 0 saturated carbocycles. The minimum atomic E-state index is -0.368. The number of rotatable bonds is 2. The lowest BCUT2D eigenvalue weighted by molar-refractivity contribution is 0.563. The highest BCUT2D eigenvalue weighted by Gasteiger charge is 2.07. The number of hydrogen-bond donors (Lipinski definition) is 0. The van der Waals surface area contributed by atoms with Crippen LogP contribution in [-0.2, 0) is 0 Å². The normalized spacial score (nSPS) is 10.2. The smallest absolute Gasteiger partial charge is 0.344 e. The van der Waals surface area contributed by atoms with Gasteiger partial charge in [-0.2, -0.15) is 4.99 Å². The Balaban J connectivity index is 2.23. The van der Waals surface area contributed by atoms with Crippen LogP contribution in [0.25, 0.3) is 22.1 Å². The summed E-state index contributed by atoms with van der Waals surface area (Å²) in [4.78, 5) is 15.9. The summed E-state index contributed by atoms with van der Waals surface area (Å²) in [7, 11) is 0. The van der Waals surface area contributed by atoms with E-state index in [2.05, 4.69) is 22.4 Å². The second-order valence-corrected chi connectivity index (χ2v) is 4.42. The van der Waals surface area contributed by atoms with Crippen molar-refractivity contribution in [1.82, 2.24) is 0 Å². The minimum Gasteiger partial charge on any atom is -0.422 e. The molecular formula is C16H9NO2S. The molecule has 0 bridgehead atoms. The monoisotopic (exact) mass is 279 g/mol. The maximum Gasteiger partial charge on any atom is 0.344 e. The Labute approximate surface area is 120 Å². The third kappa shape index (κ3) is 2.30. The lowest BCUT2D eigenvalue weighted by Gasteiger charge is -2.02. The fourth-order valence-corrected chi connectivity index (χ4v) is 2.15. The predicted octanol–water partition coefficient (Wildman–Crippen LogP) is 4.19. The van der Waals surface area contributed by atoms with Gasteiger partial charge in [-0.1, -0.05) is 30.3 Å². The standard InChI is InChI=1S/C16H9NO2S/c18-16-14(11-4-2-1-3-5-11)8-12-6-7-13(17-10-20)9-15(12)19-16/h1-9H. The van der Waals surface area contributed by atoms with E-state index in [9.17, 15) is 4.79 Å². The van der Waals surface area contributed by atoms with Gasteiger partial charge in [0.2, 0.25) is 0 Å². The third-order valence-electron chi connectivity index (χ3n) is 2.98. The average molecular weight is 279 g/mol. The zero-order valence-corrected chi connectivity index (χ0v) is 11.2. The van der Waals surface area contributed by atoms with Crippen LogP contribution < -0.4 is 5.63 Å². The van der Waals surface area contributed by atoms with Crippen molar-refractivity contribution < 1.29 is 4.42 Å². The van der Waals surface area contributed by atoms with E-state index in [1.165, 1.54) is 0 Å². The molecule has 4 heteroatoms. The Bertz CT molecular complexity index is 878. The summed E-state index contributed by atoms with van der Waals surface area (Å²) >= 11 is 4.56. The van der Waals surface area contributed by atoms with Gasteiger partial charge in [0.15, 0.2) is 0 Å². The highest BCUT2D eigenvalue weighted by atomic mass is 32.1. The molecule has 3 aromatic rings. The molecule has 3 rings (SSSR count). The van der Waals surface area contributed by atoms with E-state index >= 15 is 0 Å². The van der Waals surface area contributed by atoms with Crippen LogP contribution in [0.5, 0.6) is 0 Å².